The van der Waals surface area contributed by atoms with Crippen LogP contribution in [0.25, 0.3) is 39.4 Å². The predicted octanol–water partition coefficient (Wildman–Crippen LogP) is 5.82. The number of anilines is 1. The fraction of sp³-hybridized carbons (Fsp3) is 0.323. The van der Waals surface area contributed by atoms with E-state index in [2.05, 4.69) is 40.5 Å². The lowest BCUT2D eigenvalue weighted by atomic mass is 10.0. The Balaban J connectivity index is 1.38. The molecule has 0 bridgehead atoms. The largest absolute Gasteiger partial charge is 0.478 e. The number of rotatable bonds is 8. The molecule has 0 atom stereocenters. The highest BCUT2D eigenvalue weighted by atomic mass is 16.5. The zero-order valence-electron chi connectivity index (χ0n) is 23.8. The van der Waals surface area contributed by atoms with E-state index in [1.807, 2.05) is 37.0 Å². The molecule has 208 valence electrons. The molecule has 41 heavy (non-hydrogen) atoms. The zero-order valence-corrected chi connectivity index (χ0v) is 23.8. The van der Waals surface area contributed by atoms with Crippen LogP contribution >= 0.6 is 0 Å². The highest BCUT2D eigenvalue weighted by molar-refractivity contribution is 5.97. The number of benzene rings is 1. The first-order valence-corrected chi connectivity index (χ1v) is 14.0. The van der Waals surface area contributed by atoms with Crippen molar-refractivity contribution < 1.29 is 4.74 Å². The molecule has 0 unspecified atom stereocenters. The molecule has 0 saturated heterocycles. The summed E-state index contributed by atoms with van der Waals surface area (Å²) >= 11 is 0. The Hall–Kier alpha value is -4.73. The van der Waals surface area contributed by atoms with Gasteiger partial charge in [0.25, 0.3) is 5.88 Å². The van der Waals surface area contributed by atoms with Crippen molar-refractivity contribution in [2.45, 2.75) is 44.4 Å². The summed E-state index contributed by atoms with van der Waals surface area (Å²) < 4.78 is 11.2. The Kier molecular flexibility index (Phi) is 5.81. The second-order valence-corrected chi connectivity index (χ2v) is 11.2. The maximum absolute atomic E-state index is 6.57. The minimum absolute atomic E-state index is 0.421. The van der Waals surface area contributed by atoms with Crippen LogP contribution in [0, 0.1) is 0 Å². The minimum atomic E-state index is 0.421. The molecule has 0 aliphatic heterocycles. The second-order valence-electron chi connectivity index (χ2n) is 11.2. The third-order valence-electron chi connectivity index (χ3n) is 7.92. The quantitative estimate of drug-likeness (QED) is 0.193. The Labute approximate surface area is 238 Å². The standard InChI is InChI=1S/C31H33N9O/c1-17(2)40-16-25(31(37-40)41-5)33-14-23-21(7-6-8-24(23)32)27-28(19-11-12-19)39(4)30(35-27)22-13-20-15-38(3)36-29(20)34-26(22)18-9-10-18/h6-8,13-16,18-19H,1,9-12,32H2,2-5H3. The Bertz CT molecular complexity index is 1860. The van der Waals surface area contributed by atoms with Crippen LogP contribution < -0.4 is 10.5 Å². The van der Waals surface area contributed by atoms with Crippen LogP contribution in [0.3, 0.4) is 0 Å². The van der Waals surface area contributed by atoms with Gasteiger partial charge in [-0.3, -0.25) is 4.68 Å². The van der Waals surface area contributed by atoms with Gasteiger partial charge in [0.05, 0.1) is 24.7 Å². The first-order chi connectivity index (χ1) is 19.8. The maximum atomic E-state index is 6.57. The van der Waals surface area contributed by atoms with Crippen molar-refractivity contribution >= 4 is 34.3 Å². The molecule has 2 saturated carbocycles. The summed E-state index contributed by atoms with van der Waals surface area (Å²) in [7, 11) is 5.64. The highest BCUT2D eigenvalue weighted by Gasteiger charge is 2.35. The monoisotopic (exact) mass is 547 g/mol. The first kappa shape index (κ1) is 25.3. The number of nitrogens with two attached hydrogens (primary N) is 1. The minimum Gasteiger partial charge on any atom is -0.478 e. The number of methoxy groups -OCH3 is 1. The average molecular weight is 548 g/mol. The van der Waals surface area contributed by atoms with Crippen LogP contribution in [-0.2, 0) is 14.1 Å². The summed E-state index contributed by atoms with van der Waals surface area (Å²) in [5.74, 6) is 2.25. The number of aryl methyl sites for hydroxylation is 1. The molecule has 0 spiro atoms. The first-order valence-electron chi connectivity index (χ1n) is 14.0. The van der Waals surface area contributed by atoms with Crippen molar-refractivity contribution in [3.8, 4) is 28.5 Å². The maximum Gasteiger partial charge on any atom is 0.259 e. The summed E-state index contributed by atoms with van der Waals surface area (Å²) in [6, 6.07) is 8.16. The van der Waals surface area contributed by atoms with E-state index in [9.17, 15) is 0 Å². The number of nitrogen functional groups attached to an aromatic ring is 1. The number of allylic oxidation sites excluding steroid dienone is 1. The molecule has 2 fully saturated rings. The number of ether oxygens (including phenoxy) is 1. The molecule has 10 heteroatoms. The van der Waals surface area contributed by atoms with Crippen LogP contribution in [-0.4, -0.2) is 47.4 Å². The molecule has 2 N–H and O–H groups in total. The summed E-state index contributed by atoms with van der Waals surface area (Å²) in [6.45, 7) is 5.84. The molecular weight excluding hydrogens is 514 g/mol. The number of imidazole rings is 1. The van der Waals surface area contributed by atoms with Gasteiger partial charge in [-0.25, -0.2) is 19.6 Å². The molecule has 5 aromatic rings. The number of aromatic nitrogens is 7. The summed E-state index contributed by atoms with van der Waals surface area (Å²) in [5, 5.41) is 10.00. The lowest BCUT2D eigenvalue weighted by molar-refractivity contribution is 0.395. The molecule has 7 rings (SSSR count). The number of hydrogen-bond donors (Lipinski definition) is 1. The summed E-state index contributed by atoms with van der Waals surface area (Å²) in [6.07, 6.45) is 10.2. The van der Waals surface area contributed by atoms with Gasteiger partial charge in [-0.1, -0.05) is 18.7 Å². The van der Waals surface area contributed by atoms with Gasteiger partial charge in [-0.15, -0.1) is 5.10 Å². The van der Waals surface area contributed by atoms with E-state index in [1.165, 1.54) is 5.69 Å². The molecule has 1 aromatic carbocycles. The number of pyridine rings is 1. The van der Waals surface area contributed by atoms with Crippen LogP contribution in [0.1, 0.15) is 61.4 Å². The zero-order chi connectivity index (χ0) is 28.4. The average Bonchev–Trinajstić information content (AvgIpc) is 3.86. The number of hydrogen-bond acceptors (Lipinski definition) is 7. The molecule has 0 radical (unpaired) electrons. The van der Waals surface area contributed by atoms with E-state index in [0.717, 1.165) is 76.3 Å². The smallest absolute Gasteiger partial charge is 0.259 e. The fourth-order valence-corrected chi connectivity index (χ4v) is 5.56. The third-order valence-corrected chi connectivity index (χ3v) is 7.92. The predicted molar refractivity (Wildman–Crippen MR) is 162 cm³/mol. The van der Waals surface area contributed by atoms with Gasteiger partial charge >= 0.3 is 0 Å². The Morgan fingerprint density at radius 2 is 1.85 bits per heavy atom. The van der Waals surface area contributed by atoms with Crippen molar-refractivity contribution in [2.75, 3.05) is 12.8 Å². The number of aliphatic imine (C=N–C) groups is 1. The van der Waals surface area contributed by atoms with Crippen LogP contribution in [0.2, 0.25) is 0 Å². The normalized spacial score (nSPS) is 15.3. The topological polar surface area (TPSA) is 114 Å². The SMILES string of the molecule is C=C(C)n1cc(N=Cc2c(N)cccc2-c2nc(-c3cc4cn(C)nc4nc3C3CC3)n(C)c2C2CC2)c(OC)n1. The summed E-state index contributed by atoms with van der Waals surface area (Å²) in [5.41, 5.74) is 15.5. The van der Waals surface area contributed by atoms with Crippen molar-refractivity contribution in [1.29, 1.82) is 0 Å². The highest BCUT2D eigenvalue weighted by Crippen LogP contribution is 2.49. The van der Waals surface area contributed by atoms with Gasteiger partial charge in [0, 0.05) is 77.5 Å². The van der Waals surface area contributed by atoms with Gasteiger partial charge in [0.1, 0.15) is 11.5 Å². The van der Waals surface area contributed by atoms with Gasteiger partial charge in [-0.2, -0.15) is 5.10 Å². The lowest BCUT2D eigenvalue weighted by Crippen LogP contribution is -2.02. The second kappa shape index (κ2) is 9.43. The van der Waals surface area contributed by atoms with Crippen LogP contribution in [0.15, 0.2) is 48.2 Å². The van der Waals surface area contributed by atoms with Gasteiger partial charge < -0.3 is 15.0 Å². The van der Waals surface area contributed by atoms with Crippen molar-refractivity contribution in [1.82, 2.24) is 34.1 Å². The Morgan fingerprint density at radius 3 is 2.56 bits per heavy atom. The molecule has 2 aliphatic carbocycles. The van der Waals surface area contributed by atoms with E-state index in [1.54, 1.807) is 24.2 Å². The van der Waals surface area contributed by atoms with Crippen molar-refractivity contribution in [3.05, 3.63) is 60.2 Å². The molecule has 4 aromatic heterocycles. The molecule has 0 amide bonds. The Morgan fingerprint density at radius 1 is 1.07 bits per heavy atom. The van der Waals surface area contributed by atoms with Gasteiger partial charge in [0.2, 0.25) is 0 Å². The molecule has 4 heterocycles. The number of fused-ring (bicyclic) bond motifs is 1. The van der Waals surface area contributed by atoms with Crippen LogP contribution in [0.4, 0.5) is 11.4 Å². The van der Waals surface area contributed by atoms with E-state index >= 15 is 0 Å². The van der Waals surface area contributed by atoms with Gasteiger partial charge in [-0.05, 0) is 44.7 Å². The fourth-order valence-electron chi connectivity index (χ4n) is 5.56. The van der Waals surface area contributed by atoms with E-state index in [-0.39, 0.29) is 0 Å². The van der Waals surface area contributed by atoms with E-state index < -0.39 is 0 Å². The van der Waals surface area contributed by atoms with Crippen molar-refractivity contribution in [3.63, 3.8) is 0 Å². The lowest BCUT2D eigenvalue weighted by Gasteiger charge is -2.10. The van der Waals surface area contributed by atoms with E-state index in [0.29, 0.717) is 29.1 Å². The van der Waals surface area contributed by atoms with Gasteiger partial charge in [0.15, 0.2) is 5.65 Å². The molecule has 10 nitrogen and oxygen atoms in total. The summed E-state index contributed by atoms with van der Waals surface area (Å²) in [4.78, 5) is 15.1. The molecular formula is C31H33N9O. The third kappa shape index (κ3) is 4.39. The number of nitrogens with zero attached hydrogens (tertiary/aromatic N) is 8. The van der Waals surface area contributed by atoms with Crippen LogP contribution in [0.5, 0.6) is 5.88 Å². The molecule has 2 aliphatic rings. The van der Waals surface area contributed by atoms with E-state index in [4.69, 9.17) is 25.4 Å². The van der Waals surface area contributed by atoms with Crippen molar-refractivity contribution in [2.24, 2.45) is 19.1 Å².